The number of carbonyl (C=O) groups is 1. The number of hydrogen-bond acceptors (Lipinski definition) is 6. The maximum absolute atomic E-state index is 12.4. The summed E-state index contributed by atoms with van der Waals surface area (Å²) in [4.78, 5) is 18.9. The molecule has 170 valence electrons. The lowest BCUT2D eigenvalue weighted by Crippen LogP contribution is -2.34. The lowest BCUT2D eigenvalue weighted by molar-refractivity contribution is -0.121. The summed E-state index contributed by atoms with van der Waals surface area (Å²) in [5, 5.41) is 7.06. The first-order chi connectivity index (χ1) is 15.5. The maximum Gasteiger partial charge on any atom is 0.227 e. The van der Waals surface area contributed by atoms with E-state index in [0.29, 0.717) is 37.7 Å². The Morgan fingerprint density at radius 1 is 1.09 bits per heavy atom. The van der Waals surface area contributed by atoms with E-state index in [2.05, 4.69) is 51.5 Å². The standard InChI is InChI=1S/C25H32N4O3/c1-5-18-7-9-19(10-8-18)22(29(3)4)17-26-23(30)15-16-24-27-25(28-32-24)20-11-13-21(14-12-20)31-6-2/h7-14,22H,5-6,15-17H2,1-4H3,(H,26,30). The molecule has 32 heavy (non-hydrogen) atoms. The molecule has 1 aromatic heterocycles. The molecule has 0 spiro atoms. The third kappa shape index (κ3) is 6.40. The summed E-state index contributed by atoms with van der Waals surface area (Å²) in [7, 11) is 4.04. The van der Waals surface area contributed by atoms with E-state index in [0.717, 1.165) is 17.7 Å². The van der Waals surface area contributed by atoms with Crippen LogP contribution in [0.3, 0.4) is 0 Å². The fraction of sp³-hybridized carbons (Fsp3) is 0.400. The molecule has 1 amide bonds. The Balaban J connectivity index is 1.50. The third-order valence-corrected chi connectivity index (χ3v) is 5.35. The molecule has 1 heterocycles. The highest BCUT2D eigenvalue weighted by molar-refractivity contribution is 5.76. The summed E-state index contributed by atoms with van der Waals surface area (Å²) in [5.41, 5.74) is 3.33. The van der Waals surface area contributed by atoms with Crippen LogP contribution in [0.2, 0.25) is 0 Å². The van der Waals surface area contributed by atoms with Crippen molar-refractivity contribution < 1.29 is 14.1 Å². The number of amides is 1. The van der Waals surface area contributed by atoms with E-state index < -0.39 is 0 Å². The van der Waals surface area contributed by atoms with Gasteiger partial charge in [-0.1, -0.05) is 36.3 Å². The Kier molecular flexibility index (Phi) is 8.39. The van der Waals surface area contributed by atoms with Gasteiger partial charge in [0.05, 0.1) is 12.6 Å². The van der Waals surface area contributed by atoms with Gasteiger partial charge in [-0.2, -0.15) is 4.98 Å². The molecule has 0 fully saturated rings. The molecule has 2 aromatic carbocycles. The van der Waals surface area contributed by atoms with Gasteiger partial charge in [0, 0.05) is 24.9 Å². The minimum atomic E-state index is -0.0390. The number of benzene rings is 2. The van der Waals surface area contributed by atoms with Crippen molar-refractivity contribution >= 4 is 5.91 Å². The number of hydrogen-bond donors (Lipinski definition) is 1. The summed E-state index contributed by atoms with van der Waals surface area (Å²) >= 11 is 0. The molecule has 7 heteroatoms. The zero-order chi connectivity index (χ0) is 22.9. The van der Waals surface area contributed by atoms with Crippen LogP contribution in [0.25, 0.3) is 11.4 Å². The highest BCUT2D eigenvalue weighted by Crippen LogP contribution is 2.21. The second-order valence-corrected chi connectivity index (χ2v) is 7.85. The van der Waals surface area contributed by atoms with Gasteiger partial charge in [-0.25, -0.2) is 0 Å². The van der Waals surface area contributed by atoms with Crippen LogP contribution in [-0.2, 0) is 17.6 Å². The molecule has 0 aliphatic carbocycles. The van der Waals surface area contributed by atoms with Crippen molar-refractivity contribution in [3.8, 4) is 17.1 Å². The Morgan fingerprint density at radius 2 is 1.81 bits per heavy atom. The minimum absolute atomic E-state index is 0.0390. The summed E-state index contributed by atoms with van der Waals surface area (Å²) in [6, 6.07) is 16.2. The number of nitrogens with zero attached hydrogens (tertiary/aromatic N) is 3. The molecule has 3 rings (SSSR count). The van der Waals surface area contributed by atoms with Crippen LogP contribution in [0, 0.1) is 0 Å². The molecular formula is C25H32N4O3. The van der Waals surface area contributed by atoms with E-state index in [1.54, 1.807) is 0 Å². The normalized spacial score (nSPS) is 12.0. The van der Waals surface area contributed by atoms with Crippen molar-refractivity contribution in [1.82, 2.24) is 20.4 Å². The number of ether oxygens (including phenoxy) is 1. The van der Waals surface area contributed by atoms with Crippen LogP contribution in [-0.4, -0.2) is 48.2 Å². The van der Waals surface area contributed by atoms with Crippen molar-refractivity contribution in [2.75, 3.05) is 27.2 Å². The van der Waals surface area contributed by atoms with E-state index in [1.165, 1.54) is 11.1 Å². The molecule has 1 unspecified atom stereocenters. The summed E-state index contributed by atoms with van der Waals surface area (Å²) < 4.78 is 10.8. The van der Waals surface area contributed by atoms with Gasteiger partial charge < -0.3 is 19.5 Å². The minimum Gasteiger partial charge on any atom is -0.494 e. The summed E-state index contributed by atoms with van der Waals surface area (Å²) in [5.74, 6) is 1.71. The first-order valence-corrected chi connectivity index (χ1v) is 11.1. The van der Waals surface area contributed by atoms with Gasteiger partial charge in [0.25, 0.3) is 0 Å². The van der Waals surface area contributed by atoms with Crippen LogP contribution in [0.1, 0.15) is 43.3 Å². The average Bonchev–Trinajstić information content (AvgIpc) is 3.28. The van der Waals surface area contributed by atoms with E-state index in [-0.39, 0.29) is 11.9 Å². The van der Waals surface area contributed by atoms with Crippen LogP contribution in [0.4, 0.5) is 0 Å². The van der Waals surface area contributed by atoms with E-state index in [1.807, 2.05) is 45.3 Å². The Labute approximate surface area is 189 Å². The van der Waals surface area contributed by atoms with Crippen molar-refractivity contribution in [2.24, 2.45) is 0 Å². The molecule has 0 bridgehead atoms. The fourth-order valence-electron chi connectivity index (χ4n) is 3.43. The predicted octanol–water partition coefficient (Wildman–Crippen LogP) is 4.05. The summed E-state index contributed by atoms with van der Waals surface area (Å²) in [6.45, 7) is 5.25. The van der Waals surface area contributed by atoms with Gasteiger partial charge in [0.1, 0.15) is 5.75 Å². The number of carbonyl (C=O) groups excluding carboxylic acids is 1. The molecular weight excluding hydrogens is 404 g/mol. The zero-order valence-electron chi connectivity index (χ0n) is 19.3. The topological polar surface area (TPSA) is 80.5 Å². The zero-order valence-corrected chi connectivity index (χ0v) is 19.3. The molecule has 0 saturated carbocycles. The van der Waals surface area contributed by atoms with Crippen LogP contribution >= 0.6 is 0 Å². The van der Waals surface area contributed by atoms with Gasteiger partial charge in [-0.3, -0.25) is 4.79 Å². The summed E-state index contributed by atoms with van der Waals surface area (Å²) in [6.07, 6.45) is 1.70. The van der Waals surface area contributed by atoms with Gasteiger partial charge in [0.2, 0.25) is 17.6 Å². The Morgan fingerprint density at radius 3 is 2.44 bits per heavy atom. The average molecular weight is 437 g/mol. The molecule has 0 radical (unpaired) electrons. The molecule has 0 aliphatic rings. The number of nitrogens with one attached hydrogen (secondary N) is 1. The second-order valence-electron chi connectivity index (χ2n) is 7.85. The first-order valence-electron chi connectivity index (χ1n) is 11.1. The van der Waals surface area contributed by atoms with Crippen molar-refractivity contribution in [3.05, 3.63) is 65.5 Å². The molecule has 1 N–H and O–H groups in total. The first kappa shape index (κ1) is 23.5. The van der Waals surface area contributed by atoms with E-state index in [9.17, 15) is 4.79 Å². The number of rotatable bonds is 11. The highest BCUT2D eigenvalue weighted by Gasteiger charge is 2.16. The smallest absolute Gasteiger partial charge is 0.227 e. The number of aromatic nitrogens is 2. The lowest BCUT2D eigenvalue weighted by Gasteiger charge is -2.25. The van der Waals surface area contributed by atoms with E-state index >= 15 is 0 Å². The second kappa shape index (κ2) is 11.4. The van der Waals surface area contributed by atoms with Gasteiger partial charge in [-0.15, -0.1) is 0 Å². The van der Waals surface area contributed by atoms with E-state index in [4.69, 9.17) is 9.26 Å². The fourth-order valence-corrected chi connectivity index (χ4v) is 3.43. The molecule has 0 aliphatic heterocycles. The molecule has 0 saturated heterocycles. The van der Waals surface area contributed by atoms with Crippen LogP contribution in [0.5, 0.6) is 5.75 Å². The van der Waals surface area contributed by atoms with Crippen molar-refractivity contribution in [2.45, 2.75) is 39.2 Å². The Hall–Kier alpha value is -3.19. The molecule has 1 atom stereocenters. The number of likely N-dealkylation sites (N-methyl/N-ethyl adjacent to an activating group) is 1. The monoisotopic (exact) mass is 436 g/mol. The van der Waals surface area contributed by atoms with Gasteiger partial charge in [-0.05, 0) is 62.8 Å². The Bertz CT molecular complexity index is 981. The SMILES string of the molecule is CCOc1ccc(-c2noc(CCC(=O)NCC(c3ccc(CC)cc3)N(C)C)n2)cc1. The predicted molar refractivity (Wildman–Crippen MR) is 124 cm³/mol. The van der Waals surface area contributed by atoms with Crippen LogP contribution in [0.15, 0.2) is 53.1 Å². The van der Waals surface area contributed by atoms with Crippen molar-refractivity contribution in [1.29, 1.82) is 0 Å². The molecule has 7 nitrogen and oxygen atoms in total. The maximum atomic E-state index is 12.4. The van der Waals surface area contributed by atoms with Gasteiger partial charge >= 0.3 is 0 Å². The van der Waals surface area contributed by atoms with Gasteiger partial charge in [0.15, 0.2) is 0 Å². The van der Waals surface area contributed by atoms with Crippen molar-refractivity contribution in [3.63, 3.8) is 0 Å². The molecule has 3 aromatic rings. The highest BCUT2D eigenvalue weighted by atomic mass is 16.5. The largest absolute Gasteiger partial charge is 0.494 e. The third-order valence-electron chi connectivity index (χ3n) is 5.35. The lowest BCUT2D eigenvalue weighted by atomic mass is 10.0. The van der Waals surface area contributed by atoms with Crippen LogP contribution < -0.4 is 10.1 Å². The quantitative estimate of drug-likeness (QED) is 0.488. The number of aryl methyl sites for hydroxylation is 2.